The van der Waals surface area contributed by atoms with Crippen LogP contribution in [0.1, 0.15) is 51.1 Å². The van der Waals surface area contributed by atoms with Crippen LogP contribution in [0.15, 0.2) is 18.2 Å². The maximum Gasteiger partial charge on any atom is 0.317 e. The van der Waals surface area contributed by atoms with Crippen LogP contribution in [0.5, 0.6) is 5.75 Å². The topological polar surface area (TPSA) is 105 Å². The van der Waals surface area contributed by atoms with Crippen molar-refractivity contribution in [2.24, 2.45) is 0 Å². The summed E-state index contributed by atoms with van der Waals surface area (Å²) in [5.74, 6) is -1.29. The summed E-state index contributed by atoms with van der Waals surface area (Å²) in [6.07, 6.45) is 2.60. The molecule has 0 saturated carbocycles. The van der Waals surface area contributed by atoms with Gasteiger partial charge in [0.2, 0.25) is 10.0 Å². The molecule has 0 aliphatic rings. The second-order valence-electron chi connectivity index (χ2n) is 6.33. The number of hydrogen-bond donors (Lipinski definition) is 3. The molecular weight excluding hydrogens is 375 g/mol. The fraction of sp³-hybridized carbons (Fsp3) is 0.611. The summed E-state index contributed by atoms with van der Waals surface area (Å²) >= 11 is 0. The highest BCUT2D eigenvalue weighted by molar-refractivity contribution is 7.89. The van der Waals surface area contributed by atoms with Crippen molar-refractivity contribution in [3.05, 3.63) is 29.6 Å². The summed E-state index contributed by atoms with van der Waals surface area (Å²) in [5.41, 5.74) is 0.629. The van der Waals surface area contributed by atoms with Gasteiger partial charge in [-0.3, -0.25) is 4.79 Å². The lowest BCUT2D eigenvalue weighted by Crippen LogP contribution is -2.29. The standard InChI is InChI=1S/C18H29FN2O5S/c1-3-10-26-17-12-15(7-8-16(17)19)14(2)21-27(24,25)11-6-4-5-9-20-13-18(22)23/h7-8,12,14,20-21H,3-6,9-11,13H2,1-2H3,(H,22,23). The van der Waals surface area contributed by atoms with Gasteiger partial charge in [-0.25, -0.2) is 17.5 Å². The third kappa shape index (κ3) is 9.69. The SMILES string of the molecule is CCCOc1cc(C(C)NS(=O)(=O)CCCCCNCC(=O)O)ccc1F. The van der Waals surface area contributed by atoms with Crippen molar-refractivity contribution in [3.63, 3.8) is 0 Å². The number of sulfonamides is 1. The minimum Gasteiger partial charge on any atom is -0.491 e. The summed E-state index contributed by atoms with van der Waals surface area (Å²) in [7, 11) is -3.47. The lowest BCUT2D eigenvalue weighted by atomic mass is 10.1. The van der Waals surface area contributed by atoms with Gasteiger partial charge in [-0.1, -0.05) is 19.4 Å². The second-order valence-corrected chi connectivity index (χ2v) is 8.20. The van der Waals surface area contributed by atoms with Crippen LogP contribution in [-0.4, -0.2) is 44.9 Å². The Labute approximate surface area is 160 Å². The van der Waals surface area contributed by atoms with E-state index in [0.717, 1.165) is 6.42 Å². The molecule has 0 bridgehead atoms. The van der Waals surface area contributed by atoms with Crippen molar-refractivity contribution in [2.45, 2.75) is 45.6 Å². The summed E-state index contributed by atoms with van der Waals surface area (Å²) in [6, 6.07) is 3.83. The van der Waals surface area contributed by atoms with Gasteiger partial charge in [0.1, 0.15) is 0 Å². The van der Waals surface area contributed by atoms with Crippen LogP contribution in [0, 0.1) is 5.82 Å². The molecule has 3 N–H and O–H groups in total. The quantitative estimate of drug-likeness (QED) is 0.412. The number of carboxylic acid groups (broad SMARTS) is 1. The minimum atomic E-state index is -3.47. The Hall–Kier alpha value is -1.71. The average molecular weight is 405 g/mol. The summed E-state index contributed by atoms with van der Waals surface area (Å²) in [6.45, 7) is 4.44. The highest BCUT2D eigenvalue weighted by atomic mass is 32.2. The molecule has 0 aromatic heterocycles. The largest absolute Gasteiger partial charge is 0.491 e. The van der Waals surface area contributed by atoms with Gasteiger partial charge in [-0.15, -0.1) is 0 Å². The molecule has 1 atom stereocenters. The zero-order valence-electron chi connectivity index (χ0n) is 15.8. The predicted molar refractivity (Wildman–Crippen MR) is 102 cm³/mol. The van der Waals surface area contributed by atoms with E-state index in [2.05, 4.69) is 10.0 Å². The molecule has 1 aromatic rings. The number of rotatable bonds is 14. The third-order valence-corrected chi connectivity index (χ3v) is 5.35. The molecule has 7 nitrogen and oxygen atoms in total. The van der Waals surface area contributed by atoms with Gasteiger partial charge in [0.25, 0.3) is 0 Å². The monoisotopic (exact) mass is 404 g/mol. The Bertz CT molecular complexity index is 697. The molecule has 0 fully saturated rings. The lowest BCUT2D eigenvalue weighted by Gasteiger charge is -2.16. The number of benzene rings is 1. The molecule has 9 heteroatoms. The van der Waals surface area contributed by atoms with E-state index in [1.807, 2.05) is 6.92 Å². The normalized spacial score (nSPS) is 12.7. The van der Waals surface area contributed by atoms with E-state index in [-0.39, 0.29) is 18.0 Å². The van der Waals surface area contributed by atoms with E-state index in [4.69, 9.17) is 9.84 Å². The van der Waals surface area contributed by atoms with Crippen LogP contribution in [0.2, 0.25) is 0 Å². The molecule has 0 aliphatic carbocycles. The number of carboxylic acids is 1. The summed E-state index contributed by atoms with van der Waals surface area (Å²) in [5, 5.41) is 11.3. The number of halogens is 1. The van der Waals surface area contributed by atoms with Crippen LogP contribution >= 0.6 is 0 Å². The first-order chi connectivity index (χ1) is 12.7. The zero-order chi connectivity index (χ0) is 20.3. The van der Waals surface area contributed by atoms with Crippen molar-refractivity contribution in [1.29, 1.82) is 0 Å². The van der Waals surface area contributed by atoms with Crippen LogP contribution in [0.4, 0.5) is 4.39 Å². The zero-order valence-corrected chi connectivity index (χ0v) is 16.6. The maximum absolute atomic E-state index is 13.7. The minimum absolute atomic E-state index is 0.0172. The first kappa shape index (κ1) is 23.3. The molecular formula is C18H29FN2O5S. The molecule has 1 rings (SSSR count). The fourth-order valence-electron chi connectivity index (χ4n) is 2.42. The molecule has 0 saturated heterocycles. The van der Waals surface area contributed by atoms with Crippen LogP contribution in [-0.2, 0) is 14.8 Å². The van der Waals surface area contributed by atoms with Gasteiger partial charge in [-0.05, 0) is 50.4 Å². The molecule has 0 aliphatic heterocycles. The molecule has 1 unspecified atom stereocenters. The van der Waals surface area contributed by atoms with Crippen molar-refractivity contribution in [1.82, 2.24) is 10.0 Å². The average Bonchev–Trinajstić information content (AvgIpc) is 2.59. The molecule has 0 amide bonds. The van der Waals surface area contributed by atoms with E-state index in [1.165, 1.54) is 18.2 Å². The van der Waals surface area contributed by atoms with Gasteiger partial charge in [0, 0.05) is 6.04 Å². The van der Waals surface area contributed by atoms with E-state index in [0.29, 0.717) is 38.0 Å². The Morgan fingerprint density at radius 3 is 2.70 bits per heavy atom. The van der Waals surface area contributed by atoms with E-state index >= 15 is 0 Å². The Morgan fingerprint density at radius 2 is 2.04 bits per heavy atom. The number of hydrogen-bond acceptors (Lipinski definition) is 5. The van der Waals surface area contributed by atoms with Crippen LogP contribution in [0.25, 0.3) is 0 Å². The van der Waals surface area contributed by atoms with Crippen molar-refractivity contribution in [3.8, 4) is 5.75 Å². The first-order valence-electron chi connectivity index (χ1n) is 9.10. The van der Waals surface area contributed by atoms with E-state index in [9.17, 15) is 17.6 Å². The number of aliphatic carboxylic acids is 1. The summed E-state index contributed by atoms with van der Waals surface area (Å²) < 4.78 is 46.1. The van der Waals surface area contributed by atoms with Crippen molar-refractivity contribution < 1.29 is 27.4 Å². The van der Waals surface area contributed by atoms with E-state index < -0.39 is 27.9 Å². The smallest absolute Gasteiger partial charge is 0.317 e. The number of ether oxygens (including phenoxy) is 1. The molecule has 27 heavy (non-hydrogen) atoms. The highest BCUT2D eigenvalue weighted by Gasteiger charge is 2.17. The fourth-order valence-corrected chi connectivity index (χ4v) is 3.80. The van der Waals surface area contributed by atoms with Crippen LogP contribution < -0.4 is 14.8 Å². The molecule has 1 aromatic carbocycles. The molecule has 154 valence electrons. The summed E-state index contributed by atoms with van der Waals surface area (Å²) in [4.78, 5) is 10.4. The van der Waals surface area contributed by atoms with Gasteiger partial charge in [0.05, 0.1) is 18.9 Å². The predicted octanol–water partition coefficient (Wildman–Crippen LogP) is 2.44. The number of unbranched alkanes of at least 4 members (excludes halogenated alkanes) is 2. The van der Waals surface area contributed by atoms with Gasteiger partial charge >= 0.3 is 5.97 Å². The Morgan fingerprint density at radius 1 is 1.30 bits per heavy atom. The number of nitrogens with one attached hydrogen (secondary N) is 2. The second kappa shape index (κ2) is 11.9. The maximum atomic E-state index is 13.7. The van der Waals surface area contributed by atoms with Gasteiger partial charge in [0.15, 0.2) is 11.6 Å². The Kier molecular flexibility index (Phi) is 10.3. The van der Waals surface area contributed by atoms with Gasteiger partial charge in [-0.2, -0.15) is 0 Å². The third-order valence-electron chi connectivity index (χ3n) is 3.82. The Balaban J connectivity index is 2.45. The van der Waals surface area contributed by atoms with Crippen LogP contribution in [0.3, 0.4) is 0 Å². The molecule has 0 heterocycles. The lowest BCUT2D eigenvalue weighted by molar-refractivity contribution is -0.135. The molecule has 0 radical (unpaired) electrons. The van der Waals surface area contributed by atoms with E-state index in [1.54, 1.807) is 6.92 Å². The highest BCUT2D eigenvalue weighted by Crippen LogP contribution is 2.23. The van der Waals surface area contributed by atoms with Crippen molar-refractivity contribution in [2.75, 3.05) is 25.4 Å². The number of carbonyl (C=O) groups is 1. The van der Waals surface area contributed by atoms with Crippen molar-refractivity contribution >= 4 is 16.0 Å². The first-order valence-corrected chi connectivity index (χ1v) is 10.7. The molecule has 0 spiro atoms. The van der Waals surface area contributed by atoms with Gasteiger partial charge < -0.3 is 15.2 Å².